The molecule has 0 aromatic carbocycles. The Labute approximate surface area is 100 Å². The van der Waals surface area contributed by atoms with Gasteiger partial charge in [-0.25, -0.2) is 0 Å². The molecule has 0 amide bonds. The minimum atomic E-state index is 0.105. The average Bonchev–Trinajstić information content (AvgIpc) is 2.54. The molecule has 0 aromatic rings. The van der Waals surface area contributed by atoms with E-state index in [1.807, 2.05) is 6.92 Å². The van der Waals surface area contributed by atoms with E-state index < -0.39 is 0 Å². The van der Waals surface area contributed by atoms with Gasteiger partial charge in [-0.05, 0) is 32.6 Å². The second kappa shape index (κ2) is 4.87. The highest BCUT2D eigenvalue weighted by atomic mass is 16.1. The largest absolute Gasteiger partial charge is 0.298 e. The van der Waals surface area contributed by atoms with Crippen LogP contribution >= 0.6 is 0 Å². The quantitative estimate of drug-likeness (QED) is 0.735. The predicted octanol–water partition coefficient (Wildman–Crippen LogP) is 3.11. The predicted molar refractivity (Wildman–Crippen MR) is 68.5 cm³/mol. The van der Waals surface area contributed by atoms with E-state index in [-0.39, 0.29) is 11.6 Å². The highest BCUT2D eigenvalue weighted by Gasteiger charge is 2.45. The Morgan fingerprint density at radius 3 is 2.25 bits per heavy atom. The van der Waals surface area contributed by atoms with Gasteiger partial charge in [-0.1, -0.05) is 27.2 Å². The van der Waals surface area contributed by atoms with Crippen LogP contribution in [0.5, 0.6) is 0 Å². The van der Waals surface area contributed by atoms with Crippen LogP contribution in [0.25, 0.3) is 0 Å². The van der Waals surface area contributed by atoms with E-state index in [0.717, 1.165) is 6.54 Å². The second-order valence-corrected chi connectivity index (χ2v) is 6.12. The lowest BCUT2D eigenvalue weighted by Gasteiger charge is -2.37. The first-order valence-electron chi connectivity index (χ1n) is 6.62. The minimum Gasteiger partial charge on any atom is -0.298 e. The second-order valence-electron chi connectivity index (χ2n) is 6.12. The zero-order valence-corrected chi connectivity index (χ0v) is 11.7. The summed E-state index contributed by atoms with van der Waals surface area (Å²) < 4.78 is 0. The molecule has 1 aliphatic rings. The first-order valence-corrected chi connectivity index (χ1v) is 6.62. The highest BCUT2D eigenvalue weighted by Crippen LogP contribution is 2.37. The highest BCUT2D eigenvalue weighted by molar-refractivity contribution is 5.84. The first kappa shape index (κ1) is 13.7. The van der Waals surface area contributed by atoms with E-state index in [9.17, 15) is 4.79 Å². The van der Waals surface area contributed by atoms with Crippen molar-refractivity contribution in [1.82, 2.24) is 4.90 Å². The van der Waals surface area contributed by atoms with Crippen LogP contribution in [-0.4, -0.2) is 28.8 Å². The molecule has 1 rings (SSSR count). The minimum absolute atomic E-state index is 0.105. The lowest BCUT2D eigenvalue weighted by Crippen LogP contribution is -2.49. The summed E-state index contributed by atoms with van der Waals surface area (Å²) in [4.78, 5) is 14.5. The molecular weight excluding hydrogens is 198 g/mol. The van der Waals surface area contributed by atoms with Gasteiger partial charge < -0.3 is 0 Å². The molecule has 94 valence electrons. The van der Waals surface area contributed by atoms with Crippen molar-refractivity contribution in [2.24, 2.45) is 11.8 Å². The lowest BCUT2D eigenvalue weighted by molar-refractivity contribution is -0.125. The smallest absolute Gasteiger partial charge is 0.149 e. The van der Waals surface area contributed by atoms with E-state index in [4.69, 9.17) is 0 Å². The van der Waals surface area contributed by atoms with Gasteiger partial charge in [0.05, 0.1) is 6.04 Å². The van der Waals surface area contributed by atoms with Crippen molar-refractivity contribution in [2.45, 2.75) is 66.0 Å². The van der Waals surface area contributed by atoms with Crippen molar-refractivity contribution in [1.29, 1.82) is 0 Å². The van der Waals surface area contributed by atoms with E-state index in [1.54, 1.807) is 0 Å². The van der Waals surface area contributed by atoms with E-state index in [1.165, 1.54) is 6.42 Å². The maximum absolute atomic E-state index is 12.1. The summed E-state index contributed by atoms with van der Waals surface area (Å²) >= 11 is 0. The lowest BCUT2D eigenvalue weighted by atomic mass is 9.88. The zero-order valence-electron chi connectivity index (χ0n) is 11.7. The molecule has 0 aromatic heterocycles. The number of hydrogen-bond donors (Lipinski definition) is 0. The standard InChI is InChI=1S/C14H27NO/c1-7-11-9-15(14(4,5)6)13(10(11)3)12(16)8-2/h10-11,13H,7-9H2,1-6H3. The molecule has 0 radical (unpaired) electrons. The molecule has 2 heteroatoms. The van der Waals surface area contributed by atoms with Crippen LogP contribution in [-0.2, 0) is 4.79 Å². The summed E-state index contributed by atoms with van der Waals surface area (Å²) in [5, 5.41) is 0. The summed E-state index contributed by atoms with van der Waals surface area (Å²) in [7, 11) is 0. The summed E-state index contributed by atoms with van der Waals surface area (Å²) in [5.74, 6) is 1.61. The van der Waals surface area contributed by atoms with Crippen molar-refractivity contribution >= 4 is 5.78 Å². The molecule has 16 heavy (non-hydrogen) atoms. The molecular formula is C14H27NO. The van der Waals surface area contributed by atoms with Gasteiger partial charge >= 0.3 is 0 Å². The van der Waals surface area contributed by atoms with Gasteiger partial charge in [-0.15, -0.1) is 0 Å². The Hall–Kier alpha value is -0.370. The maximum atomic E-state index is 12.1. The Bertz CT molecular complexity index is 254. The monoisotopic (exact) mass is 225 g/mol. The molecule has 0 aliphatic carbocycles. The number of carbonyl (C=O) groups excluding carboxylic acids is 1. The number of ketones is 1. The Kier molecular flexibility index (Phi) is 4.17. The Morgan fingerprint density at radius 1 is 1.31 bits per heavy atom. The average molecular weight is 225 g/mol. The number of Topliss-reactive ketones (excluding diaryl/α,β-unsaturated/α-hetero) is 1. The van der Waals surface area contributed by atoms with Crippen molar-refractivity contribution in [3.05, 3.63) is 0 Å². The molecule has 0 bridgehead atoms. The molecule has 0 N–H and O–H groups in total. The van der Waals surface area contributed by atoms with Gasteiger partial charge in [-0.3, -0.25) is 9.69 Å². The molecule has 0 spiro atoms. The number of hydrogen-bond acceptors (Lipinski definition) is 2. The molecule has 3 atom stereocenters. The molecule has 1 heterocycles. The molecule has 1 aliphatic heterocycles. The van der Waals surface area contributed by atoms with Gasteiger partial charge in [-0.2, -0.15) is 0 Å². The third-order valence-corrected chi connectivity index (χ3v) is 4.07. The number of likely N-dealkylation sites (tertiary alicyclic amines) is 1. The summed E-state index contributed by atoms with van der Waals surface area (Å²) in [5.41, 5.74) is 0.105. The van der Waals surface area contributed by atoms with Gasteiger partial charge in [0.15, 0.2) is 0 Å². The van der Waals surface area contributed by atoms with E-state index in [0.29, 0.717) is 24.0 Å². The van der Waals surface area contributed by atoms with E-state index in [2.05, 4.69) is 39.5 Å². The molecule has 2 nitrogen and oxygen atoms in total. The third kappa shape index (κ3) is 2.48. The molecule has 0 saturated carbocycles. The van der Waals surface area contributed by atoms with Crippen LogP contribution < -0.4 is 0 Å². The van der Waals surface area contributed by atoms with Gasteiger partial charge in [0.2, 0.25) is 0 Å². The summed E-state index contributed by atoms with van der Waals surface area (Å²) in [6, 6.07) is 0.148. The molecule has 3 unspecified atom stereocenters. The SMILES string of the molecule is CCC(=O)C1C(C)C(CC)CN1C(C)(C)C. The topological polar surface area (TPSA) is 20.3 Å². The normalized spacial score (nSPS) is 32.0. The van der Waals surface area contributed by atoms with Crippen LogP contribution in [0.3, 0.4) is 0 Å². The van der Waals surface area contributed by atoms with Crippen molar-refractivity contribution in [3.8, 4) is 0 Å². The van der Waals surface area contributed by atoms with Crippen LogP contribution in [0, 0.1) is 11.8 Å². The van der Waals surface area contributed by atoms with Crippen molar-refractivity contribution in [2.75, 3.05) is 6.54 Å². The Balaban J connectivity index is 2.94. The fourth-order valence-electron chi connectivity index (χ4n) is 2.94. The van der Waals surface area contributed by atoms with Crippen LogP contribution in [0.4, 0.5) is 0 Å². The van der Waals surface area contributed by atoms with Crippen molar-refractivity contribution < 1.29 is 4.79 Å². The number of nitrogens with zero attached hydrogens (tertiary/aromatic N) is 1. The molecule has 1 saturated heterocycles. The number of carbonyl (C=O) groups is 1. The maximum Gasteiger partial charge on any atom is 0.149 e. The first-order chi connectivity index (χ1) is 7.32. The fraction of sp³-hybridized carbons (Fsp3) is 0.929. The fourth-order valence-corrected chi connectivity index (χ4v) is 2.94. The summed E-state index contributed by atoms with van der Waals surface area (Å²) in [6.45, 7) is 14.2. The van der Waals surface area contributed by atoms with Gasteiger partial charge in [0, 0.05) is 18.5 Å². The van der Waals surface area contributed by atoms with Crippen LogP contribution in [0.15, 0.2) is 0 Å². The van der Waals surface area contributed by atoms with Gasteiger partial charge in [0.25, 0.3) is 0 Å². The van der Waals surface area contributed by atoms with Gasteiger partial charge in [0.1, 0.15) is 5.78 Å². The van der Waals surface area contributed by atoms with Crippen molar-refractivity contribution in [3.63, 3.8) is 0 Å². The molecule has 1 fully saturated rings. The summed E-state index contributed by atoms with van der Waals surface area (Å²) in [6.07, 6.45) is 1.85. The zero-order chi connectivity index (χ0) is 12.5. The Morgan fingerprint density at radius 2 is 1.88 bits per heavy atom. The third-order valence-electron chi connectivity index (χ3n) is 4.07. The number of rotatable bonds is 3. The van der Waals surface area contributed by atoms with Crippen LogP contribution in [0.2, 0.25) is 0 Å². The van der Waals surface area contributed by atoms with E-state index >= 15 is 0 Å². The van der Waals surface area contributed by atoms with Crippen LogP contribution in [0.1, 0.15) is 54.4 Å².